The molecule has 2 aromatic carbocycles. The summed E-state index contributed by atoms with van der Waals surface area (Å²) in [5, 5.41) is 13.1. The largest absolute Gasteiger partial charge is 0.387 e. The van der Waals surface area contributed by atoms with E-state index >= 15 is 0 Å². The summed E-state index contributed by atoms with van der Waals surface area (Å²) in [7, 11) is 0. The van der Waals surface area contributed by atoms with Gasteiger partial charge in [0.2, 0.25) is 0 Å². The normalized spacial score (nSPS) is 12.0. The van der Waals surface area contributed by atoms with Crippen LogP contribution in [-0.4, -0.2) is 17.6 Å². The molecule has 0 radical (unpaired) electrons. The molecule has 0 aliphatic heterocycles. The quantitative estimate of drug-likeness (QED) is 0.901. The Hall–Kier alpha value is -1.62. The zero-order valence-electron chi connectivity index (χ0n) is 10.8. The summed E-state index contributed by atoms with van der Waals surface area (Å²) in [6.07, 6.45) is -0.870. The van der Waals surface area contributed by atoms with Crippen molar-refractivity contribution in [1.82, 2.24) is 5.32 Å². The zero-order valence-corrected chi connectivity index (χ0v) is 12.3. The fraction of sp³-hybridized carbons (Fsp3) is 0.133. The van der Waals surface area contributed by atoms with E-state index in [1.807, 2.05) is 0 Å². The number of hydrogen-bond acceptors (Lipinski definition) is 2. The molecular formula is C15H12Cl2FNO2. The van der Waals surface area contributed by atoms with E-state index in [9.17, 15) is 14.3 Å². The van der Waals surface area contributed by atoms with Gasteiger partial charge in [-0.1, -0.05) is 35.3 Å². The lowest BCUT2D eigenvalue weighted by molar-refractivity contribution is 0.0916. The maximum Gasteiger partial charge on any atom is 0.252 e. The van der Waals surface area contributed by atoms with Crippen molar-refractivity contribution in [3.8, 4) is 0 Å². The molecule has 2 rings (SSSR count). The van der Waals surface area contributed by atoms with Gasteiger partial charge in [-0.25, -0.2) is 4.39 Å². The number of halogens is 3. The molecule has 2 aromatic rings. The van der Waals surface area contributed by atoms with Gasteiger partial charge in [0.05, 0.1) is 16.7 Å². The molecule has 2 N–H and O–H groups in total. The molecule has 1 atom stereocenters. The van der Waals surface area contributed by atoms with Crippen LogP contribution in [0, 0.1) is 5.82 Å². The number of hydrogen-bond donors (Lipinski definition) is 2. The zero-order chi connectivity index (χ0) is 15.4. The molecule has 0 saturated carbocycles. The molecule has 0 spiro atoms. The number of nitrogens with one attached hydrogen (secondary N) is 1. The van der Waals surface area contributed by atoms with E-state index < -0.39 is 17.8 Å². The molecule has 0 aliphatic carbocycles. The van der Waals surface area contributed by atoms with Crippen molar-refractivity contribution in [2.45, 2.75) is 6.10 Å². The lowest BCUT2D eigenvalue weighted by Gasteiger charge is -2.13. The van der Waals surface area contributed by atoms with Gasteiger partial charge in [0.15, 0.2) is 0 Å². The molecule has 0 aromatic heterocycles. The predicted octanol–water partition coefficient (Wildman–Crippen LogP) is 3.60. The SMILES string of the molecule is O=C(NCC(O)c1ccc(Cl)cc1)c1ccc(F)cc1Cl. The topological polar surface area (TPSA) is 49.3 Å². The summed E-state index contributed by atoms with van der Waals surface area (Å²) in [6.45, 7) is 0.00811. The lowest BCUT2D eigenvalue weighted by atomic mass is 10.1. The molecular weight excluding hydrogens is 316 g/mol. The standard InChI is InChI=1S/C15H12Cl2FNO2/c16-10-3-1-9(2-4-10)14(20)8-19-15(21)12-6-5-11(18)7-13(12)17/h1-7,14,20H,8H2,(H,19,21). The minimum Gasteiger partial charge on any atom is -0.387 e. The molecule has 1 unspecified atom stereocenters. The number of amides is 1. The Kier molecular flexibility index (Phi) is 5.17. The van der Waals surface area contributed by atoms with Crippen LogP contribution in [0.5, 0.6) is 0 Å². The third kappa shape index (κ3) is 4.17. The second-order valence-corrected chi connectivity index (χ2v) is 5.25. The van der Waals surface area contributed by atoms with Crippen LogP contribution in [0.25, 0.3) is 0 Å². The van der Waals surface area contributed by atoms with Crippen molar-refractivity contribution in [1.29, 1.82) is 0 Å². The maximum absolute atomic E-state index is 12.9. The summed E-state index contributed by atoms with van der Waals surface area (Å²) in [4.78, 5) is 11.9. The molecule has 0 saturated heterocycles. The fourth-order valence-corrected chi connectivity index (χ4v) is 2.14. The summed E-state index contributed by atoms with van der Waals surface area (Å²) in [5.74, 6) is -0.995. The highest BCUT2D eigenvalue weighted by atomic mass is 35.5. The number of benzene rings is 2. The molecule has 3 nitrogen and oxygen atoms in total. The van der Waals surface area contributed by atoms with E-state index in [4.69, 9.17) is 23.2 Å². The van der Waals surface area contributed by atoms with Crippen LogP contribution in [-0.2, 0) is 0 Å². The van der Waals surface area contributed by atoms with E-state index in [1.54, 1.807) is 24.3 Å². The minimum atomic E-state index is -0.870. The van der Waals surface area contributed by atoms with E-state index in [2.05, 4.69) is 5.32 Å². The molecule has 110 valence electrons. The van der Waals surface area contributed by atoms with Gasteiger partial charge in [0.25, 0.3) is 5.91 Å². The van der Waals surface area contributed by atoms with Crippen LogP contribution < -0.4 is 5.32 Å². The Morgan fingerprint density at radius 2 is 1.86 bits per heavy atom. The van der Waals surface area contributed by atoms with Crippen LogP contribution in [0.3, 0.4) is 0 Å². The monoisotopic (exact) mass is 327 g/mol. The van der Waals surface area contributed by atoms with Crippen LogP contribution in [0.2, 0.25) is 10.0 Å². The van der Waals surface area contributed by atoms with Gasteiger partial charge in [0, 0.05) is 11.6 Å². The highest BCUT2D eigenvalue weighted by Gasteiger charge is 2.13. The second kappa shape index (κ2) is 6.89. The highest BCUT2D eigenvalue weighted by Crippen LogP contribution is 2.18. The highest BCUT2D eigenvalue weighted by molar-refractivity contribution is 6.33. The van der Waals surface area contributed by atoms with Gasteiger partial charge in [-0.05, 0) is 35.9 Å². The van der Waals surface area contributed by atoms with E-state index in [-0.39, 0.29) is 17.1 Å². The van der Waals surface area contributed by atoms with Gasteiger partial charge < -0.3 is 10.4 Å². The van der Waals surface area contributed by atoms with Gasteiger partial charge >= 0.3 is 0 Å². The molecule has 21 heavy (non-hydrogen) atoms. The van der Waals surface area contributed by atoms with Crippen molar-refractivity contribution >= 4 is 29.1 Å². The summed E-state index contributed by atoms with van der Waals surface area (Å²) in [5.41, 5.74) is 0.784. The van der Waals surface area contributed by atoms with E-state index in [1.165, 1.54) is 6.07 Å². The lowest BCUT2D eigenvalue weighted by Crippen LogP contribution is -2.28. The minimum absolute atomic E-state index is 0.00811. The summed E-state index contributed by atoms with van der Waals surface area (Å²) >= 11 is 11.6. The Bertz CT molecular complexity index is 647. The van der Waals surface area contributed by atoms with Gasteiger partial charge in [-0.2, -0.15) is 0 Å². The number of aliphatic hydroxyl groups excluding tert-OH is 1. The Labute approximate surface area is 131 Å². The molecule has 0 fully saturated rings. The van der Waals surface area contributed by atoms with Crippen LogP contribution in [0.4, 0.5) is 4.39 Å². The maximum atomic E-state index is 12.9. The summed E-state index contributed by atoms with van der Waals surface area (Å²) in [6, 6.07) is 10.1. The first-order valence-electron chi connectivity index (χ1n) is 6.14. The van der Waals surface area contributed by atoms with Crippen molar-refractivity contribution in [3.05, 3.63) is 69.5 Å². The Morgan fingerprint density at radius 3 is 2.48 bits per heavy atom. The fourth-order valence-electron chi connectivity index (χ4n) is 1.76. The van der Waals surface area contributed by atoms with Crippen molar-refractivity contribution in [2.24, 2.45) is 0 Å². The Balaban J connectivity index is 1.99. The van der Waals surface area contributed by atoms with Crippen LogP contribution >= 0.6 is 23.2 Å². The second-order valence-electron chi connectivity index (χ2n) is 4.40. The average molecular weight is 328 g/mol. The van der Waals surface area contributed by atoms with Crippen LogP contribution in [0.15, 0.2) is 42.5 Å². The van der Waals surface area contributed by atoms with E-state index in [0.29, 0.717) is 10.6 Å². The molecule has 0 aliphatic rings. The number of carbonyl (C=O) groups excluding carboxylic acids is 1. The number of rotatable bonds is 4. The number of aliphatic hydroxyl groups is 1. The average Bonchev–Trinajstić information content (AvgIpc) is 2.45. The third-order valence-corrected chi connectivity index (χ3v) is 3.45. The molecule has 0 heterocycles. The predicted molar refractivity (Wildman–Crippen MR) is 80.2 cm³/mol. The molecule has 6 heteroatoms. The first-order valence-corrected chi connectivity index (χ1v) is 6.90. The first kappa shape index (κ1) is 15.8. The van der Waals surface area contributed by atoms with Crippen molar-refractivity contribution in [2.75, 3.05) is 6.54 Å². The smallest absolute Gasteiger partial charge is 0.252 e. The van der Waals surface area contributed by atoms with Crippen molar-refractivity contribution < 1.29 is 14.3 Å². The van der Waals surface area contributed by atoms with Crippen LogP contribution in [0.1, 0.15) is 22.0 Å². The van der Waals surface area contributed by atoms with Gasteiger partial charge in [-0.15, -0.1) is 0 Å². The first-order chi connectivity index (χ1) is 9.97. The molecule has 0 bridgehead atoms. The van der Waals surface area contributed by atoms with Gasteiger partial charge in [-0.3, -0.25) is 4.79 Å². The Morgan fingerprint density at radius 1 is 1.19 bits per heavy atom. The third-order valence-electron chi connectivity index (χ3n) is 2.89. The molecule has 1 amide bonds. The number of carbonyl (C=O) groups is 1. The summed E-state index contributed by atoms with van der Waals surface area (Å²) < 4.78 is 12.9. The van der Waals surface area contributed by atoms with Crippen molar-refractivity contribution in [3.63, 3.8) is 0 Å². The van der Waals surface area contributed by atoms with E-state index in [0.717, 1.165) is 12.1 Å². The van der Waals surface area contributed by atoms with Gasteiger partial charge in [0.1, 0.15) is 5.82 Å².